The number of fused-ring (bicyclic) bond motifs is 4. The van der Waals surface area contributed by atoms with Gasteiger partial charge in [0.25, 0.3) is 0 Å². The lowest BCUT2D eigenvalue weighted by molar-refractivity contribution is -0.107. The highest BCUT2D eigenvalue weighted by atomic mass is 14.6. The molecule has 7 rings (SSSR count). The highest BCUT2D eigenvalue weighted by Gasteiger charge is 2.63. The molecule has 27 heavy (non-hydrogen) atoms. The molecule has 0 aromatic heterocycles. The predicted molar refractivity (Wildman–Crippen MR) is 118 cm³/mol. The van der Waals surface area contributed by atoms with Crippen molar-refractivity contribution in [3.8, 4) is 0 Å². The average Bonchev–Trinajstić information content (AvgIpc) is 2.64. The normalized spacial score (nSPS) is 51.9. The minimum Gasteiger partial charge on any atom is -0.0926 e. The minimum atomic E-state index is 0.630. The van der Waals surface area contributed by atoms with Crippen molar-refractivity contribution in [3.63, 3.8) is 0 Å². The predicted octanol–water partition coefficient (Wildman–Crippen LogP) is 7.74. The molecular weight excluding hydrogens is 323 g/mol. The van der Waals surface area contributed by atoms with Gasteiger partial charge >= 0.3 is 0 Å². The van der Waals surface area contributed by atoms with Gasteiger partial charge in [-0.3, -0.25) is 0 Å². The van der Waals surface area contributed by atoms with Gasteiger partial charge in [-0.15, -0.1) is 0 Å². The summed E-state index contributed by atoms with van der Waals surface area (Å²) < 4.78 is 0. The topological polar surface area (TPSA) is 0 Å². The Labute approximate surface area is 169 Å². The summed E-state index contributed by atoms with van der Waals surface area (Å²) in [5.41, 5.74) is 1.26. The summed E-state index contributed by atoms with van der Waals surface area (Å²) in [5, 5.41) is 0. The van der Waals surface area contributed by atoms with Gasteiger partial charge in [0.15, 0.2) is 6.71 Å². The molecule has 6 fully saturated rings. The zero-order chi connectivity index (χ0) is 19.1. The Kier molecular flexibility index (Phi) is 4.29. The van der Waals surface area contributed by atoms with E-state index in [1.54, 1.807) is 12.8 Å². The Morgan fingerprint density at radius 1 is 0.778 bits per heavy atom. The van der Waals surface area contributed by atoms with Gasteiger partial charge in [0.05, 0.1) is 0 Å². The number of hydrogen-bond donors (Lipinski definition) is 0. The van der Waals surface area contributed by atoms with Crippen molar-refractivity contribution in [2.75, 3.05) is 0 Å². The van der Waals surface area contributed by atoms with Gasteiger partial charge in [0.2, 0.25) is 0 Å². The summed E-state index contributed by atoms with van der Waals surface area (Å²) in [5.74, 6) is 8.83. The van der Waals surface area contributed by atoms with Crippen LogP contribution in [0.15, 0.2) is 12.2 Å². The third-order valence-corrected chi connectivity index (χ3v) is 11.6. The van der Waals surface area contributed by atoms with Crippen molar-refractivity contribution in [1.29, 1.82) is 0 Å². The molecule has 0 N–H and O–H groups in total. The van der Waals surface area contributed by atoms with Gasteiger partial charge < -0.3 is 0 Å². The molecule has 6 saturated carbocycles. The van der Waals surface area contributed by atoms with Crippen molar-refractivity contribution >= 4 is 6.71 Å². The number of hydrogen-bond acceptors (Lipinski definition) is 0. The SMILES string of the molecule is C[C@@H]1[C@@H](B(C2C=CCCC2)[C@H]2C[C@H]3C[C@@H]([C@@H]2C)C3(C)C)C[C@H]2C[C@@H]1C2(C)C. The van der Waals surface area contributed by atoms with Crippen LogP contribution in [-0.2, 0) is 0 Å². The average molecular weight is 366 g/mol. The van der Waals surface area contributed by atoms with E-state index in [-0.39, 0.29) is 0 Å². The summed E-state index contributed by atoms with van der Waals surface area (Å²) in [6.07, 6.45) is 15.6. The summed E-state index contributed by atoms with van der Waals surface area (Å²) in [6.45, 7) is 16.6. The monoisotopic (exact) mass is 366 g/mol. The number of allylic oxidation sites excluding steroid dienone is 2. The summed E-state index contributed by atoms with van der Waals surface area (Å²) in [7, 11) is 0. The Hall–Kier alpha value is -0.195. The van der Waals surface area contributed by atoms with Crippen LogP contribution in [0.4, 0.5) is 0 Å². The first-order valence-corrected chi connectivity index (χ1v) is 12.4. The highest BCUT2D eigenvalue weighted by molar-refractivity contribution is 6.64. The van der Waals surface area contributed by atoms with E-state index in [0.717, 1.165) is 59.7 Å². The fraction of sp³-hybridized carbons (Fsp3) is 0.923. The van der Waals surface area contributed by atoms with E-state index in [9.17, 15) is 0 Å². The lowest BCUT2D eigenvalue weighted by Gasteiger charge is -2.67. The summed E-state index contributed by atoms with van der Waals surface area (Å²) in [4.78, 5) is 0. The van der Waals surface area contributed by atoms with Crippen LogP contribution >= 0.6 is 0 Å². The molecule has 0 heterocycles. The molecule has 7 aliphatic rings. The molecule has 0 aliphatic heterocycles. The van der Waals surface area contributed by atoms with E-state index in [4.69, 9.17) is 0 Å². The molecular formula is C26H43B. The second kappa shape index (κ2) is 6.15. The molecule has 1 unspecified atom stereocenters. The van der Waals surface area contributed by atoms with Crippen LogP contribution in [0, 0.1) is 46.3 Å². The molecule has 0 aromatic rings. The second-order valence-electron chi connectivity index (χ2n) is 12.8. The van der Waals surface area contributed by atoms with Crippen LogP contribution in [-0.4, -0.2) is 6.71 Å². The third-order valence-electron chi connectivity index (χ3n) is 11.6. The molecule has 1 heteroatoms. The molecule has 0 aromatic carbocycles. The Morgan fingerprint density at radius 3 is 1.67 bits per heavy atom. The largest absolute Gasteiger partial charge is 0.154 e. The van der Waals surface area contributed by atoms with E-state index < -0.39 is 0 Å². The van der Waals surface area contributed by atoms with Crippen molar-refractivity contribution in [1.82, 2.24) is 0 Å². The minimum absolute atomic E-state index is 0.630. The maximum Gasteiger partial charge on any atom is 0.154 e. The van der Waals surface area contributed by atoms with Gasteiger partial charge in [-0.05, 0) is 77.8 Å². The molecule has 0 saturated heterocycles. The second-order valence-corrected chi connectivity index (χ2v) is 12.8. The van der Waals surface area contributed by atoms with E-state index in [1.807, 2.05) is 0 Å². The van der Waals surface area contributed by atoms with E-state index in [2.05, 4.69) is 53.7 Å². The maximum absolute atomic E-state index is 2.68. The van der Waals surface area contributed by atoms with Gasteiger partial charge in [-0.2, -0.15) is 0 Å². The molecule has 7 aliphatic carbocycles. The molecule has 4 bridgehead atoms. The quantitative estimate of drug-likeness (QED) is 0.354. The summed E-state index contributed by atoms with van der Waals surface area (Å²) in [6, 6.07) is 0. The van der Waals surface area contributed by atoms with E-state index in [0.29, 0.717) is 10.8 Å². The van der Waals surface area contributed by atoms with E-state index >= 15 is 0 Å². The zero-order valence-electron chi connectivity index (χ0n) is 18.9. The summed E-state index contributed by atoms with van der Waals surface area (Å²) >= 11 is 0. The van der Waals surface area contributed by atoms with Crippen LogP contribution in [0.3, 0.4) is 0 Å². The van der Waals surface area contributed by atoms with Crippen LogP contribution in [0.2, 0.25) is 17.5 Å². The molecule has 9 atom stereocenters. The Balaban J connectivity index is 1.44. The van der Waals surface area contributed by atoms with Crippen LogP contribution in [0.25, 0.3) is 0 Å². The van der Waals surface area contributed by atoms with Gasteiger partial charge in [-0.25, -0.2) is 0 Å². The van der Waals surface area contributed by atoms with Gasteiger partial charge in [0, 0.05) is 0 Å². The molecule has 0 radical (unpaired) electrons. The first-order chi connectivity index (χ1) is 12.7. The Morgan fingerprint density at radius 2 is 1.30 bits per heavy atom. The van der Waals surface area contributed by atoms with Gasteiger partial charge in [0.1, 0.15) is 0 Å². The molecule has 0 spiro atoms. The van der Waals surface area contributed by atoms with Crippen molar-refractivity contribution < 1.29 is 0 Å². The van der Waals surface area contributed by atoms with Crippen molar-refractivity contribution in [2.45, 2.75) is 104 Å². The maximum atomic E-state index is 2.68. The van der Waals surface area contributed by atoms with Crippen LogP contribution < -0.4 is 0 Å². The standard InChI is InChI=1S/C26H43B/c1-16-21-12-18(25(21,3)4)14-23(16)27(20-10-8-7-9-11-20)24-15-19-13-22(17(24)2)26(19,5)6/h8,10,16-24H,7,9,11-15H2,1-6H3/t16-,17-,18+,19+,20?,21-,22-,23-,24-/m0/s1. The van der Waals surface area contributed by atoms with Crippen LogP contribution in [0.1, 0.15) is 86.5 Å². The lowest BCUT2D eigenvalue weighted by Crippen LogP contribution is -2.60. The molecule has 0 nitrogen and oxygen atoms in total. The third kappa shape index (κ3) is 2.54. The first-order valence-electron chi connectivity index (χ1n) is 12.4. The van der Waals surface area contributed by atoms with Crippen LogP contribution in [0.5, 0.6) is 0 Å². The fourth-order valence-electron chi connectivity index (χ4n) is 9.51. The lowest BCUT2D eigenvalue weighted by atomic mass is 9.17. The first kappa shape index (κ1) is 18.8. The number of rotatable bonds is 3. The Bertz CT molecular complexity index is 574. The zero-order valence-corrected chi connectivity index (χ0v) is 18.9. The van der Waals surface area contributed by atoms with Crippen molar-refractivity contribution in [3.05, 3.63) is 12.2 Å². The van der Waals surface area contributed by atoms with E-state index in [1.165, 1.54) is 32.1 Å². The fourth-order valence-corrected chi connectivity index (χ4v) is 9.51. The molecule has 150 valence electrons. The molecule has 0 amide bonds. The van der Waals surface area contributed by atoms with Crippen molar-refractivity contribution in [2.24, 2.45) is 46.3 Å². The smallest absolute Gasteiger partial charge is 0.0926 e. The highest BCUT2D eigenvalue weighted by Crippen LogP contribution is 2.70. The van der Waals surface area contributed by atoms with Gasteiger partial charge in [-0.1, -0.05) is 84.6 Å².